The van der Waals surface area contributed by atoms with Crippen LogP contribution in [-0.4, -0.2) is 64.1 Å². The lowest BCUT2D eigenvalue weighted by Gasteiger charge is -2.33. The Kier molecular flexibility index (Phi) is 6.15. The van der Waals surface area contributed by atoms with Crippen molar-refractivity contribution in [3.63, 3.8) is 0 Å². The molecule has 2 heterocycles. The molecule has 0 bridgehead atoms. The Hall–Kier alpha value is -2.27. The number of benzene rings is 2. The number of piperazine rings is 1. The van der Waals surface area contributed by atoms with Crippen molar-refractivity contribution >= 4 is 31.6 Å². The van der Waals surface area contributed by atoms with Gasteiger partial charge in [0.25, 0.3) is 0 Å². The molecule has 2 fully saturated rings. The van der Waals surface area contributed by atoms with E-state index >= 15 is 0 Å². The number of hydrogen-bond donors (Lipinski definition) is 0. The second kappa shape index (κ2) is 8.58. The average Bonchev–Trinajstić information content (AvgIpc) is 3.19. The Morgan fingerprint density at radius 2 is 1.25 bits per heavy atom. The number of amides is 1. The van der Waals surface area contributed by atoms with Crippen LogP contribution >= 0.6 is 0 Å². The molecule has 8 nitrogen and oxygen atoms in total. The molecule has 10 heteroatoms. The Balaban J connectivity index is 1.49. The van der Waals surface area contributed by atoms with Crippen LogP contribution in [0.2, 0.25) is 0 Å². The minimum atomic E-state index is -3.77. The zero-order valence-corrected chi connectivity index (χ0v) is 19.8. The van der Waals surface area contributed by atoms with Gasteiger partial charge in [0.2, 0.25) is 26.0 Å². The Bertz CT molecular complexity index is 1230. The molecular formula is C22H27N3O5S2. The standard InChI is InChI=1S/C22H27N3O5S2/c1-17-5-7-19(8-6-17)31(27,28)23-12-14-24(15-13-23)32(29,30)20-9-10-21(18(2)16-20)25-11-3-4-22(25)26/h5-10,16H,3-4,11-15H2,1-2H3. The number of carbonyl (C=O) groups is 1. The predicted octanol–water partition coefficient (Wildman–Crippen LogP) is 2.13. The van der Waals surface area contributed by atoms with Gasteiger partial charge in [-0.1, -0.05) is 17.7 Å². The number of hydrogen-bond acceptors (Lipinski definition) is 5. The van der Waals surface area contributed by atoms with Crippen LogP contribution in [0.1, 0.15) is 24.0 Å². The van der Waals surface area contributed by atoms with Crippen molar-refractivity contribution in [2.75, 3.05) is 37.6 Å². The van der Waals surface area contributed by atoms with E-state index in [0.29, 0.717) is 13.0 Å². The predicted molar refractivity (Wildman–Crippen MR) is 121 cm³/mol. The molecule has 32 heavy (non-hydrogen) atoms. The summed E-state index contributed by atoms with van der Waals surface area (Å²) in [4.78, 5) is 14.1. The van der Waals surface area contributed by atoms with Crippen LogP contribution in [-0.2, 0) is 24.8 Å². The minimum absolute atomic E-state index is 0.0506. The second-order valence-corrected chi connectivity index (χ2v) is 12.1. The fourth-order valence-electron chi connectivity index (χ4n) is 4.15. The van der Waals surface area contributed by atoms with Crippen molar-refractivity contribution in [1.29, 1.82) is 0 Å². The molecule has 0 N–H and O–H groups in total. The topological polar surface area (TPSA) is 95.1 Å². The third kappa shape index (κ3) is 4.19. The molecule has 2 aliphatic rings. The van der Waals surface area contributed by atoms with Crippen LogP contribution in [0.15, 0.2) is 52.3 Å². The van der Waals surface area contributed by atoms with Crippen LogP contribution in [0.4, 0.5) is 5.69 Å². The molecular weight excluding hydrogens is 450 g/mol. The summed E-state index contributed by atoms with van der Waals surface area (Å²) in [5.74, 6) is 0.0506. The van der Waals surface area contributed by atoms with Crippen LogP contribution in [0.25, 0.3) is 0 Å². The maximum absolute atomic E-state index is 13.2. The van der Waals surface area contributed by atoms with Gasteiger partial charge in [0.15, 0.2) is 0 Å². The first-order valence-corrected chi connectivity index (χ1v) is 13.5. The van der Waals surface area contributed by atoms with E-state index in [1.807, 2.05) is 6.92 Å². The Morgan fingerprint density at radius 3 is 1.75 bits per heavy atom. The van der Waals surface area contributed by atoms with Gasteiger partial charge in [-0.15, -0.1) is 0 Å². The van der Waals surface area contributed by atoms with Gasteiger partial charge >= 0.3 is 0 Å². The van der Waals surface area contributed by atoms with Gasteiger partial charge in [-0.05, 0) is 56.2 Å². The molecule has 0 spiro atoms. The summed E-state index contributed by atoms with van der Waals surface area (Å²) in [6.07, 6.45) is 1.31. The molecule has 0 atom stereocenters. The highest BCUT2D eigenvalue weighted by molar-refractivity contribution is 7.89. The van der Waals surface area contributed by atoms with E-state index in [0.717, 1.165) is 23.2 Å². The molecule has 0 radical (unpaired) electrons. The number of rotatable bonds is 5. The van der Waals surface area contributed by atoms with E-state index < -0.39 is 20.0 Å². The Labute approximate surface area is 189 Å². The van der Waals surface area contributed by atoms with Gasteiger partial charge < -0.3 is 4.90 Å². The van der Waals surface area contributed by atoms with Crippen LogP contribution in [0.5, 0.6) is 0 Å². The maximum Gasteiger partial charge on any atom is 0.243 e. The fraction of sp³-hybridized carbons (Fsp3) is 0.409. The van der Waals surface area contributed by atoms with E-state index in [1.54, 1.807) is 48.2 Å². The van der Waals surface area contributed by atoms with Gasteiger partial charge in [0.05, 0.1) is 9.79 Å². The number of nitrogens with zero attached hydrogens (tertiary/aromatic N) is 3. The van der Waals surface area contributed by atoms with E-state index in [2.05, 4.69) is 0 Å². The van der Waals surface area contributed by atoms with Gasteiger partial charge in [-0.25, -0.2) is 16.8 Å². The molecule has 2 aliphatic heterocycles. The van der Waals surface area contributed by atoms with Crippen molar-refractivity contribution in [3.05, 3.63) is 53.6 Å². The molecule has 2 saturated heterocycles. The largest absolute Gasteiger partial charge is 0.312 e. The molecule has 172 valence electrons. The molecule has 2 aromatic carbocycles. The van der Waals surface area contributed by atoms with Crippen LogP contribution in [0, 0.1) is 13.8 Å². The molecule has 0 aliphatic carbocycles. The SMILES string of the molecule is Cc1ccc(S(=O)(=O)N2CCN(S(=O)(=O)c3ccc(N4CCCC4=O)c(C)c3)CC2)cc1. The third-order valence-electron chi connectivity index (χ3n) is 6.03. The van der Waals surface area contributed by atoms with Crippen LogP contribution in [0.3, 0.4) is 0 Å². The Morgan fingerprint density at radius 1 is 0.719 bits per heavy atom. The summed E-state index contributed by atoms with van der Waals surface area (Å²) in [6.45, 7) is 4.67. The lowest BCUT2D eigenvalue weighted by atomic mass is 10.2. The summed E-state index contributed by atoms with van der Waals surface area (Å²) in [6, 6.07) is 11.4. The first kappa shape index (κ1) is 22.9. The van der Waals surface area contributed by atoms with Crippen molar-refractivity contribution in [3.8, 4) is 0 Å². The van der Waals surface area contributed by atoms with E-state index in [4.69, 9.17) is 0 Å². The second-order valence-electron chi connectivity index (χ2n) is 8.22. The lowest BCUT2D eigenvalue weighted by molar-refractivity contribution is -0.117. The van der Waals surface area contributed by atoms with Crippen LogP contribution < -0.4 is 4.90 Å². The lowest BCUT2D eigenvalue weighted by Crippen LogP contribution is -2.50. The molecule has 1 amide bonds. The number of sulfonamides is 2. The van der Waals surface area contributed by atoms with E-state index in [9.17, 15) is 21.6 Å². The first-order chi connectivity index (χ1) is 15.1. The van der Waals surface area contributed by atoms with Gasteiger partial charge in [0.1, 0.15) is 0 Å². The number of anilines is 1. The molecule has 0 saturated carbocycles. The van der Waals surface area contributed by atoms with Gasteiger partial charge in [0, 0.05) is 44.8 Å². The molecule has 0 aromatic heterocycles. The quantitative estimate of drug-likeness (QED) is 0.658. The van der Waals surface area contributed by atoms with E-state index in [-0.39, 0.29) is 41.9 Å². The smallest absolute Gasteiger partial charge is 0.243 e. The summed E-state index contributed by atoms with van der Waals surface area (Å²) in [7, 11) is -7.43. The first-order valence-electron chi connectivity index (χ1n) is 10.6. The van der Waals surface area contributed by atoms with Gasteiger partial charge in [-0.3, -0.25) is 4.79 Å². The van der Waals surface area contributed by atoms with E-state index in [1.165, 1.54) is 14.7 Å². The number of aryl methyl sites for hydroxylation is 2. The van der Waals surface area contributed by atoms with Crippen molar-refractivity contribution in [2.24, 2.45) is 0 Å². The normalized spacial score (nSPS) is 18.9. The number of carbonyl (C=O) groups excluding carboxylic acids is 1. The van der Waals surface area contributed by atoms with Gasteiger partial charge in [-0.2, -0.15) is 8.61 Å². The van der Waals surface area contributed by atoms with Crippen molar-refractivity contribution in [1.82, 2.24) is 8.61 Å². The van der Waals surface area contributed by atoms with Crippen molar-refractivity contribution < 1.29 is 21.6 Å². The molecule has 0 unspecified atom stereocenters. The molecule has 2 aromatic rings. The minimum Gasteiger partial charge on any atom is -0.312 e. The summed E-state index contributed by atoms with van der Waals surface area (Å²) >= 11 is 0. The molecule has 4 rings (SSSR count). The summed E-state index contributed by atoms with van der Waals surface area (Å²) < 4.78 is 54.8. The zero-order chi connectivity index (χ0) is 23.1. The summed E-state index contributed by atoms with van der Waals surface area (Å²) in [5.41, 5.74) is 2.43. The van der Waals surface area contributed by atoms with Crippen molar-refractivity contribution in [2.45, 2.75) is 36.5 Å². The summed E-state index contributed by atoms with van der Waals surface area (Å²) in [5, 5.41) is 0. The average molecular weight is 478 g/mol. The highest BCUT2D eigenvalue weighted by Crippen LogP contribution is 2.29. The maximum atomic E-state index is 13.2. The zero-order valence-electron chi connectivity index (χ0n) is 18.2. The third-order valence-corrected chi connectivity index (χ3v) is 9.83. The fourth-order valence-corrected chi connectivity index (χ4v) is 7.08. The monoisotopic (exact) mass is 477 g/mol. The highest BCUT2D eigenvalue weighted by atomic mass is 32.2. The highest BCUT2D eigenvalue weighted by Gasteiger charge is 2.34.